The van der Waals surface area contributed by atoms with E-state index in [0.29, 0.717) is 5.88 Å². The fraction of sp³-hybridized carbons (Fsp3) is 0.462. The smallest absolute Gasteiger partial charge is 0.146 e. The number of rotatable bonds is 3. The summed E-state index contributed by atoms with van der Waals surface area (Å²) >= 11 is 6.04. The van der Waals surface area contributed by atoms with Crippen molar-refractivity contribution in [3.8, 4) is 5.75 Å². The molecule has 1 aliphatic rings. The van der Waals surface area contributed by atoms with Gasteiger partial charge in [-0.15, -0.1) is 11.6 Å². The topological polar surface area (TPSA) is 39.5 Å². The van der Waals surface area contributed by atoms with Gasteiger partial charge in [0.2, 0.25) is 0 Å². The number of nitrogens with zero attached hydrogens (tertiary/aromatic N) is 3. The third-order valence-electron chi connectivity index (χ3n) is 3.30. The second kappa shape index (κ2) is 5.27. The van der Waals surface area contributed by atoms with Crippen molar-refractivity contribution in [2.75, 3.05) is 38.4 Å². The van der Waals surface area contributed by atoms with Crippen molar-refractivity contribution < 1.29 is 9.47 Å². The zero-order chi connectivity index (χ0) is 13.2. The van der Waals surface area contributed by atoms with Crippen LogP contribution in [0.4, 0.5) is 0 Å². The van der Waals surface area contributed by atoms with Crippen LogP contribution in [0.5, 0.6) is 5.75 Å². The van der Waals surface area contributed by atoms with Crippen LogP contribution in [0.3, 0.4) is 0 Å². The Kier molecular flexibility index (Phi) is 3.48. The number of halogens is 1. The van der Waals surface area contributed by atoms with Gasteiger partial charge >= 0.3 is 0 Å². The minimum Gasteiger partial charge on any atom is -0.494 e. The minimum absolute atomic E-state index is 0.370. The maximum atomic E-state index is 6.04. The third-order valence-corrected chi connectivity index (χ3v) is 3.54. The molecule has 1 aromatic carbocycles. The summed E-state index contributed by atoms with van der Waals surface area (Å²) < 4.78 is 12.9. The van der Waals surface area contributed by atoms with Gasteiger partial charge in [0.05, 0.1) is 44.8 Å². The van der Waals surface area contributed by atoms with Crippen LogP contribution in [0.15, 0.2) is 18.2 Å². The summed E-state index contributed by atoms with van der Waals surface area (Å²) in [5, 5.41) is 2.22. The molecule has 5 nitrogen and oxygen atoms in total. The van der Waals surface area contributed by atoms with E-state index in [1.165, 1.54) is 0 Å². The lowest BCUT2D eigenvalue weighted by molar-refractivity contribution is 0.111. The lowest BCUT2D eigenvalue weighted by Gasteiger charge is -2.31. The van der Waals surface area contributed by atoms with Crippen LogP contribution in [0.25, 0.3) is 11.0 Å². The monoisotopic (exact) mass is 281 g/mol. The van der Waals surface area contributed by atoms with Gasteiger partial charge in [-0.05, 0) is 12.1 Å². The van der Waals surface area contributed by atoms with Crippen LogP contribution in [0.2, 0.25) is 0 Å². The average molecular weight is 282 g/mol. The molecule has 19 heavy (non-hydrogen) atoms. The summed E-state index contributed by atoms with van der Waals surface area (Å²) in [7, 11) is 1.66. The first-order valence-electron chi connectivity index (χ1n) is 6.28. The number of para-hydroxylation sites is 1. The van der Waals surface area contributed by atoms with E-state index in [1.54, 1.807) is 7.11 Å². The van der Waals surface area contributed by atoms with E-state index in [1.807, 2.05) is 18.2 Å². The lowest BCUT2D eigenvalue weighted by Crippen LogP contribution is -2.44. The van der Waals surface area contributed by atoms with Gasteiger partial charge < -0.3 is 14.5 Å². The molecule has 0 unspecified atom stereocenters. The highest BCUT2D eigenvalue weighted by Gasteiger charge is 2.19. The molecule has 6 heteroatoms. The highest BCUT2D eigenvalue weighted by atomic mass is 35.5. The quantitative estimate of drug-likeness (QED) is 0.804. The van der Waals surface area contributed by atoms with Crippen molar-refractivity contribution in [2.24, 2.45) is 0 Å². The van der Waals surface area contributed by atoms with Crippen molar-refractivity contribution in [3.63, 3.8) is 0 Å². The van der Waals surface area contributed by atoms with E-state index in [0.717, 1.165) is 48.9 Å². The second-order valence-corrected chi connectivity index (χ2v) is 4.63. The normalized spacial score (nSPS) is 16.0. The van der Waals surface area contributed by atoms with E-state index in [9.17, 15) is 0 Å². The first-order chi connectivity index (χ1) is 9.35. The largest absolute Gasteiger partial charge is 0.494 e. The average Bonchev–Trinajstić information content (AvgIpc) is 2.86. The molecule has 0 N–H and O–H groups in total. The number of hydrogen-bond acceptors (Lipinski definition) is 4. The van der Waals surface area contributed by atoms with Crippen LogP contribution in [-0.2, 0) is 10.6 Å². The maximum Gasteiger partial charge on any atom is 0.146 e. The molecule has 3 rings (SSSR count). The Morgan fingerprint density at radius 1 is 1.37 bits per heavy atom. The van der Waals surface area contributed by atoms with E-state index < -0.39 is 0 Å². The summed E-state index contributed by atoms with van der Waals surface area (Å²) in [6.07, 6.45) is 0. The van der Waals surface area contributed by atoms with Gasteiger partial charge in [-0.2, -0.15) is 0 Å². The molecule has 0 saturated carbocycles. The first kappa shape index (κ1) is 12.6. The Bertz CT molecular complexity index is 579. The number of morpholine rings is 1. The second-order valence-electron chi connectivity index (χ2n) is 4.37. The molecule has 1 fully saturated rings. The predicted octanol–water partition coefficient (Wildman–Crippen LogP) is 1.75. The van der Waals surface area contributed by atoms with Crippen LogP contribution < -0.4 is 9.75 Å². The van der Waals surface area contributed by atoms with Crippen LogP contribution in [0, 0.1) is 0 Å². The molecule has 1 aliphatic heterocycles. The molecule has 0 bridgehead atoms. The van der Waals surface area contributed by atoms with Gasteiger partial charge in [-0.3, -0.25) is 0 Å². The Hall–Kier alpha value is -1.46. The molecule has 0 atom stereocenters. The summed E-state index contributed by atoms with van der Waals surface area (Å²) in [6, 6.07) is 5.92. The van der Waals surface area contributed by atoms with Gasteiger partial charge in [0.25, 0.3) is 0 Å². The van der Waals surface area contributed by atoms with Crippen LogP contribution in [-0.4, -0.2) is 43.1 Å². The fourth-order valence-electron chi connectivity index (χ4n) is 2.43. The molecule has 2 aromatic rings. The molecule has 0 spiro atoms. The Balaban J connectivity index is 2.15. The fourth-order valence-corrected chi connectivity index (χ4v) is 2.60. The van der Waals surface area contributed by atoms with Crippen molar-refractivity contribution in [2.45, 2.75) is 5.88 Å². The first-order valence-corrected chi connectivity index (χ1v) is 6.82. The Morgan fingerprint density at radius 2 is 2.16 bits per heavy atom. The highest BCUT2D eigenvalue weighted by molar-refractivity contribution is 6.16. The number of aromatic nitrogens is 2. The number of fused-ring (bicyclic) bond motifs is 1. The number of ether oxygens (including phenoxy) is 2. The van der Waals surface area contributed by atoms with E-state index in [4.69, 9.17) is 21.1 Å². The zero-order valence-electron chi connectivity index (χ0n) is 10.8. The van der Waals surface area contributed by atoms with Crippen LogP contribution >= 0.6 is 11.6 Å². The Morgan fingerprint density at radius 3 is 2.84 bits per heavy atom. The van der Waals surface area contributed by atoms with Gasteiger partial charge in [-0.25, -0.2) is 9.66 Å². The molecule has 1 saturated heterocycles. The number of hydrogen-bond donors (Lipinski definition) is 0. The van der Waals surface area contributed by atoms with E-state index in [2.05, 4.69) is 14.7 Å². The van der Waals surface area contributed by atoms with Gasteiger partial charge in [0.1, 0.15) is 17.1 Å². The van der Waals surface area contributed by atoms with Gasteiger partial charge in [0, 0.05) is 0 Å². The Labute approximate surface area is 116 Å². The number of imidazole rings is 1. The molecule has 0 radical (unpaired) electrons. The highest BCUT2D eigenvalue weighted by Crippen LogP contribution is 2.26. The molecule has 1 aromatic heterocycles. The van der Waals surface area contributed by atoms with Crippen LogP contribution in [0.1, 0.15) is 5.82 Å². The summed E-state index contributed by atoms with van der Waals surface area (Å²) in [5.74, 6) is 1.98. The van der Waals surface area contributed by atoms with Crippen molar-refractivity contribution in [1.29, 1.82) is 0 Å². The summed E-state index contributed by atoms with van der Waals surface area (Å²) in [4.78, 5) is 4.60. The third kappa shape index (κ3) is 2.13. The molecular formula is C13H16ClN3O2. The molecule has 102 valence electrons. The lowest BCUT2D eigenvalue weighted by atomic mass is 10.3. The number of benzene rings is 1. The van der Waals surface area contributed by atoms with Crippen molar-refractivity contribution in [3.05, 3.63) is 24.0 Å². The standard InChI is InChI=1S/C13H16ClN3O2/c1-18-11-4-2-3-10-13(11)15-12(9-14)17(10)16-5-7-19-8-6-16/h2-4H,5-9H2,1H3. The number of methoxy groups -OCH3 is 1. The van der Waals surface area contributed by atoms with Crippen molar-refractivity contribution in [1.82, 2.24) is 9.66 Å². The van der Waals surface area contributed by atoms with E-state index >= 15 is 0 Å². The molecule has 0 aliphatic carbocycles. The molecular weight excluding hydrogens is 266 g/mol. The zero-order valence-corrected chi connectivity index (χ0v) is 11.6. The SMILES string of the molecule is COc1cccc2c1nc(CCl)n2N1CCOCC1. The number of alkyl halides is 1. The predicted molar refractivity (Wildman–Crippen MR) is 74.6 cm³/mol. The summed E-state index contributed by atoms with van der Waals surface area (Å²) in [6.45, 7) is 3.13. The van der Waals surface area contributed by atoms with Gasteiger partial charge in [-0.1, -0.05) is 6.07 Å². The van der Waals surface area contributed by atoms with Crippen molar-refractivity contribution >= 4 is 22.6 Å². The minimum atomic E-state index is 0.370. The van der Waals surface area contributed by atoms with E-state index in [-0.39, 0.29) is 0 Å². The summed E-state index contributed by atoms with van der Waals surface area (Å²) in [5.41, 5.74) is 1.88. The maximum absolute atomic E-state index is 6.04. The molecule has 2 heterocycles. The van der Waals surface area contributed by atoms with Gasteiger partial charge in [0.15, 0.2) is 0 Å². The molecule has 0 amide bonds.